The fourth-order valence-electron chi connectivity index (χ4n) is 3.58. The number of ether oxygens (including phenoxy) is 1. The largest absolute Gasteiger partial charge is 0.573 e. The van der Waals surface area contributed by atoms with Crippen molar-refractivity contribution in [1.82, 2.24) is 9.97 Å². The zero-order chi connectivity index (χ0) is 20.4. The topological polar surface area (TPSA) is 63.9 Å². The van der Waals surface area contributed by atoms with Crippen LogP contribution in [0.15, 0.2) is 54.7 Å². The normalized spacial score (nSPS) is 12.0. The lowest BCUT2D eigenvalue weighted by atomic mass is 10.00. The van der Waals surface area contributed by atoms with Crippen molar-refractivity contribution < 1.29 is 17.9 Å². The quantitative estimate of drug-likeness (QED) is 0.417. The van der Waals surface area contributed by atoms with Gasteiger partial charge < -0.3 is 15.5 Å². The number of pyridine rings is 1. The Balaban J connectivity index is 1.83. The van der Waals surface area contributed by atoms with Gasteiger partial charge in [0.2, 0.25) is 0 Å². The van der Waals surface area contributed by atoms with Gasteiger partial charge >= 0.3 is 6.36 Å². The molecule has 3 N–H and O–H groups in total. The van der Waals surface area contributed by atoms with E-state index in [0.717, 1.165) is 46.1 Å². The van der Waals surface area contributed by atoms with Crippen LogP contribution in [0.2, 0.25) is 0 Å². The molecule has 0 radical (unpaired) electrons. The van der Waals surface area contributed by atoms with Crippen molar-refractivity contribution in [2.24, 2.45) is 5.73 Å². The zero-order valence-electron chi connectivity index (χ0n) is 15.6. The van der Waals surface area contributed by atoms with Crippen molar-refractivity contribution in [1.29, 1.82) is 0 Å². The van der Waals surface area contributed by atoms with E-state index in [1.54, 1.807) is 12.3 Å². The number of H-pyrrole nitrogens is 1. The van der Waals surface area contributed by atoms with Gasteiger partial charge in [0.15, 0.2) is 0 Å². The minimum Gasteiger partial charge on any atom is -0.406 e. The van der Waals surface area contributed by atoms with Crippen molar-refractivity contribution >= 4 is 21.8 Å². The molecule has 150 valence electrons. The standard InChI is InChI=1S/C22H20F3N3O/c23-22(24,25)29-16-8-9-20-18(12-16)17(6-3-4-10-26)21(28-20)15-11-14-5-1-2-7-19(14)27-13-15/h1-2,5,7-9,11-13,28H,3-4,6,10,26H2. The van der Waals surface area contributed by atoms with Crippen LogP contribution in [0.25, 0.3) is 33.1 Å². The molecule has 4 rings (SSSR count). The highest BCUT2D eigenvalue weighted by atomic mass is 19.4. The Morgan fingerprint density at radius 2 is 1.86 bits per heavy atom. The van der Waals surface area contributed by atoms with Crippen molar-refractivity contribution in [3.63, 3.8) is 0 Å². The predicted octanol–water partition coefficient (Wildman–Crippen LogP) is 5.56. The van der Waals surface area contributed by atoms with Crippen LogP contribution >= 0.6 is 0 Å². The first-order valence-electron chi connectivity index (χ1n) is 9.40. The number of hydrogen-bond donors (Lipinski definition) is 2. The summed E-state index contributed by atoms with van der Waals surface area (Å²) in [6.07, 6.45) is -0.584. The number of fused-ring (bicyclic) bond motifs is 2. The van der Waals surface area contributed by atoms with Crippen LogP contribution in [0.3, 0.4) is 0 Å². The molecule has 0 unspecified atom stereocenters. The summed E-state index contributed by atoms with van der Waals surface area (Å²) in [6, 6.07) is 14.2. The number of alkyl halides is 3. The molecule has 0 saturated heterocycles. The molecule has 0 bridgehead atoms. The van der Waals surface area contributed by atoms with E-state index in [9.17, 15) is 13.2 Å². The highest BCUT2D eigenvalue weighted by molar-refractivity contribution is 5.93. The van der Waals surface area contributed by atoms with Gasteiger partial charge in [0.25, 0.3) is 0 Å². The van der Waals surface area contributed by atoms with Crippen LogP contribution in [0, 0.1) is 0 Å². The van der Waals surface area contributed by atoms with Gasteiger partial charge in [-0.2, -0.15) is 0 Å². The lowest BCUT2D eigenvalue weighted by Crippen LogP contribution is -2.16. The molecule has 4 nitrogen and oxygen atoms in total. The molecule has 0 saturated carbocycles. The summed E-state index contributed by atoms with van der Waals surface area (Å²) in [4.78, 5) is 7.87. The molecular formula is C22H20F3N3O. The highest BCUT2D eigenvalue weighted by Gasteiger charge is 2.31. The molecule has 0 aliphatic rings. The summed E-state index contributed by atoms with van der Waals surface area (Å²) in [7, 11) is 0. The minimum absolute atomic E-state index is 0.229. The molecule has 2 aromatic heterocycles. The Bertz CT molecular complexity index is 1150. The number of para-hydroxylation sites is 1. The van der Waals surface area contributed by atoms with Gasteiger partial charge in [-0.25, -0.2) is 0 Å². The average molecular weight is 399 g/mol. The van der Waals surface area contributed by atoms with Crippen LogP contribution in [0.1, 0.15) is 18.4 Å². The maximum atomic E-state index is 12.7. The van der Waals surface area contributed by atoms with Crippen LogP contribution in [-0.2, 0) is 6.42 Å². The van der Waals surface area contributed by atoms with Gasteiger partial charge in [0, 0.05) is 28.0 Å². The van der Waals surface area contributed by atoms with E-state index in [-0.39, 0.29) is 5.75 Å². The lowest BCUT2D eigenvalue weighted by Gasteiger charge is -2.09. The molecular weight excluding hydrogens is 379 g/mol. The molecule has 2 heterocycles. The van der Waals surface area contributed by atoms with E-state index in [4.69, 9.17) is 5.73 Å². The van der Waals surface area contributed by atoms with Gasteiger partial charge in [-0.15, -0.1) is 13.2 Å². The second kappa shape index (κ2) is 7.75. The fraction of sp³-hybridized carbons (Fsp3) is 0.227. The van der Waals surface area contributed by atoms with E-state index < -0.39 is 6.36 Å². The minimum atomic E-state index is -4.73. The van der Waals surface area contributed by atoms with Crippen LogP contribution < -0.4 is 10.5 Å². The number of unbranched alkanes of at least 4 members (excludes halogenated alkanes) is 1. The number of aromatic nitrogens is 2. The molecule has 0 amide bonds. The molecule has 0 aliphatic carbocycles. The van der Waals surface area contributed by atoms with Crippen LogP contribution in [0.5, 0.6) is 5.75 Å². The van der Waals surface area contributed by atoms with Gasteiger partial charge in [-0.3, -0.25) is 4.98 Å². The van der Waals surface area contributed by atoms with E-state index in [0.29, 0.717) is 18.4 Å². The number of nitrogens with two attached hydrogens (primary N) is 1. The number of aryl methyl sites for hydroxylation is 1. The summed E-state index contributed by atoms with van der Waals surface area (Å²) >= 11 is 0. The summed E-state index contributed by atoms with van der Waals surface area (Å²) in [5.41, 5.74) is 9.96. The Hall–Kier alpha value is -3.06. The molecule has 7 heteroatoms. The number of aromatic amines is 1. The van der Waals surface area contributed by atoms with Crippen molar-refractivity contribution in [3.05, 3.63) is 60.3 Å². The molecule has 29 heavy (non-hydrogen) atoms. The Morgan fingerprint density at radius 3 is 2.66 bits per heavy atom. The van der Waals surface area contributed by atoms with Crippen molar-refractivity contribution in [3.8, 4) is 17.0 Å². The third kappa shape index (κ3) is 4.19. The summed E-state index contributed by atoms with van der Waals surface area (Å²) in [5.74, 6) is -0.229. The summed E-state index contributed by atoms with van der Waals surface area (Å²) < 4.78 is 42.1. The maximum Gasteiger partial charge on any atom is 0.573 e. The van der Waals surface area contributed by atoms with E-state index in [1.165, 1.54) is 12.1 Å². The SMILES string of the molecule is NCCCCc1c(-c2cnc3ccccc3c2)[nH]c2ccc(OC(F)(F)F)cc12. The third-order valence-corrected chi connectivity index (χ3v) is 4.87. The fourth-order valence-corrected chi connectivity index (χ4v) is 3.58. The van der Waals surface area contributed by atoms with Crippen molar-refractivity contribution in [2.75, 3.05) is 6.54 Å². The van der Waals surface area contributed by atoms with Gasteiger partial charge in [0.05, 0.1) is 11.2 Å². The number of nitrogens with one attached hydrogen (secondary N) is 1. The number of rotatable bonds is 6. The Labute approximate surface area is 165 Å². The monoisotopic (exact) mass is 399 g/mol. The Kier molecular flexibility index (Phi) is 5.15. The second-order valence-corrected chi connectivity index (χ2v) is 6.90. The number of halogens is 3. The first-order chi connectivity index (χ1) is 13.9. The number of hydrogen-bond acceptors (Lipinski definition) is 3. The van der Waals surface area contributed by atoms with E-state index in [2.05, 4.69) is 14.7 Å². The number of benzene rings is 2. The molecule has 4 aromatic rings. The Morgan fingerprint density at radius 1 is 1.03 bits per heavy atom. The number of nitrogens with zero attached hydrogens (tertiary/aromatic N) is 1. The molecule has 0 atom stereocenters. The maximum absolute atomic E-state index is 12.7. The molecule has 0 spiro atoms. The van der Waals surface area contributed by atoms with Crippen LogP contribution in [-0.4, -0.2) is 22.9 Å². The lowest BCUT2D eigenvalue weighted by molar-refractivity contribution is -0.274. The third-order valence-electron chi connectivity index (χ3n) is 4.87. The first-order valence-corrected chi connectivity index (χ1v) is 9.40. The average Bonchev–Trinajstić information content (AvgIpc) is 3.04. The first kappa shape index (κ1) is 19.3. The van der Waals surface area contributed by atoms with Gasteiger partial charge in [0.1, 0.15) is 5.75 Å². The smallest absolute Gasteiger partial charge is 0.406 e. The molecule has 0 fully saturated rings. The van der Waals surface area contributed by atoms with Gasteiger partial charge in [-0.1, -0.05) is 18.2 Å². The highest BCUT2D eigenvalue weighted by Crippen LogP contribution is 2.35. The zero-order valence-corrected chi connectivity index (χ0v) is 15.6. The van der Waals surface area contributed by atoms with E-state index in [1.807, 2.05) is 30.3 Å². The van der Waals surface area contributed by atoms with Crippen LogP contribution in [0.4, 0.5) is 13.2 Å². The summed E-state index contributed by atoms with van der Waals surface area (Å²) in [6.45, 7) is 0.567. The molecule has 2 aromatic carbocycles. The van der Waals surface area contributed by atoms with Crippen molar-refractivity contribution in [2.45, 2.75) is 25.6 Å². The van der Waals surface area contributed by atoms with Gasteiger partial charge in [-0.05, 0) is 61.7 Å². The molecule has 0 aliphatic heterocycles. The second-order valence-electron chi connectivity index (χ2n) is 6.90. The van der Waals surface area contributed by atoms with E-state index >= 15 is 0 Å². The summed E-state index contributed by atoms with van der Waals surface area (Å²) in [5, 5.41) is 1.71. The predicted molar refractivity (Wildman–Crippen MR) is 108 cm³/mol.